The van der Waals surface area contributed by atoms with Gasteiger partial charge in [-0.05, 0) is 7.05 Å². The fraction of sp³-hybridized carbons (Fsp3) is 0.667. The van der Waals surface area contributed by atoms with Crippen molar-refractivity contribution in [2.45, 2.75) is 0 Å². The molecule has 0 aliphatic carbocycles. The molecule has 100 valence electrons. The molecule has 1 fully saturated rings. The summed E-state index contributed by atoms with van der Waals surface area (Å²) in [5.41, 5.74) is 0. The summed E-state index contributed by atoms with van der Waals surface area (Å²) in [5, 5.41) is 3.29. The first-order valence-electron chi connectivity index (χ1n) is 6.29. The van der Waals surface area contributed by atoms with Gasteiger partial charge in [0.1, 0.15) is 12.1 Å². The zero-order valence-electron chi connectivity index (χ0n) is 11.1. The Kier molecular flexibility index (Phi) is 4.72. The molecule has 1 aliphatic rings. The lowest BCUT2D eigenvalue weighted by Gasteiger charge is -2.32. The second-order valence-electron chi connectivity index (χ2n) is 4.52. The van der Waals surface area contributed by atoms with Crippen molar-refractivity contribution in [3.05, 3.63) is 12.4 Å². The van der Waals surface area contributed by atoms with Crippen LogP contribution in [-0.2, 0) is 0 Å². The van der Waals surface area contributed by atoms with Gasteiger partial charge < -0.3 is 15.0 Å². The highest BCUT2D eigenvalue weighted by Crippen LogP contribution is 2.09. The summed E-state index contributed by atoms with van der Waals surface area (Å²) in [6.45, 7) is 6.53. The molecule has 1 aromatic rings. The molecule has 1 aromatic heterocycles. The summed E-state index contributed by atoms with van der Waals surface area (Å²) >= 11 is 0. The molecule has 0 aromatic carbocycles. The summed E-state index contributed by atoms with van der Waals surface area (Å²) < 4.78 is 5.06. The molecule has 0 atom stereocenters. The molecule has 18 heavy (non-hydrogen) atoms. The second-order valence-corrected chi connectivity index (χ2v) is 4.52. The minimum atomic E-state index is 0.590. The summed E-state index contributed by atoms with van der Waals surface area (Å²) in [6, 6.07) is 1.81. The molecule has 2 heterocycles. The number of piperazine rings is 1. The topological polar surface area (TPSA) is 53.5 Å². The predicted octanol–water partition coefficient (Wildman–Crippen LogP) is 0.145. The third-order valence-corrected chi connectivity index (χ3v) is 3.18. The van der Waals surface area contributed by atoms with Crippen LogP contribution in [0, 0.1) is 0 Å². The van der Waals surface area contributed by atoms with Crippen LogP contribution in [0.1, 0.15) is 0 Å². The number of rotatable bonds is 5. The molecular weight excluding hydrogens is 230 g/mol. The maximum Gasteiger partial charge on any atom is 0.218 e. The van der Waals surface area contributed by atoms with E-state index in [1.807, 2.05) is 6.07 Å². The van der Waals surface area contributed by atoms with Crippen LogP contribution in [0.2, 0.25) is 0 Å². The van der Waals surface area contributed by atoms with Crippen LogP contribution < -0.4 is 10.1 Å². The van der Waals surface area contributed by atoms with Crippen molar-refractivity contribution in [1.29, 1.82) is 0 Å². The Morgan fingerprint density at radius 2 is 2.06 bits per heavy atom. The van der Waals surface area contributed by atoms with Gasteiger partial charge in [0.25, 0.3) is 0 Å². The fourth-order valence-corrected chi connectivity index (χ4v) is 1.96. The van der Waals surface area contributed by atoms with Gasteiger partial charge in [-0.1, -0.05) is 0 Å². The summed E-state index contributed by atoms with van der Waals surface area (Å²) in [6.07, 6.45) is 1.51. The van der Waals surface area contributed by atoms with Crippen LogP contribution in [0.3, 0.4) is 0 Å². The van der Waals surface area contributed by atoms with Crippen molar-refractivity contribution < 1.29 is 4.74 Å². The number of nitrogens with one attached hydrogen (secondary N) is 1. The Hall–Kier alpha value is -1.40. The lowest BCUT2D eigenvalue weighted by molar-refractivity contribution is 0.158. The van der Waals surface area contributed by atoms with Gasteiger partial charge in [-0.3, -0.25) is 4.90 Å². The van der Waals surface area contributed by atoms with Gasteiger partial charge in [0, 0.05) is 45.3 Å². The van der Waals surface area contributed by atoms with Gasteiger partial charge in [0.05, 0.1) is 7.11 Å². The minimum Gasteiger partial charge on any atom is -0.481 e. The minimum absolute atomic E-state index is 0.590. The predicted molar refractivity (Wildman–Crippen MR) is 71.0 cm³/mol. The van der Waals surface area contributed by atoms with Crippen LogP contribution in [0.5, 0.6) is 5.88 Å². The molecule has 1 saturated heterocycles. The highest BCUT2D eigenvalue weighted by molar-refractivity contribution is 5.36. The monoisotopic (exact) mass is 251 g/mol. The summed E-state index contributed by atoms with van der Waals surface area (Å²) in [7, 11) is 3.78. The molecule has 0 unspecified atom stereocenters. The van der Waals surface area contributed by atoms with Crippen molar-refractivity contribution in [2.24, 2.45) is 0 Å². The van der Waals surface area contributed by atoms with E-state index < -0.39 is 0 Å². The molecule has 2 rings (SSSR count). The number of ether oxygens (including phenoxy) is 1. The first kappa shape index (κ1) is 13.0. The van der Waals surface area contributed by atoms with E-state index in [2.05, 4.69) is 32.1 Å². The van der Waals surface area contributed by atoms with Crippen molar-refractivity contribution >= 4 is 5.82 Å². The fourth-order valence-electron chi connectivity index (χ4n) is 1.96. The van der Waals surface area contributed by atoms with Crippen molar-refractivity contribution in [2.75, 3.05) is 58.7 Å². The maximum absolute atomic E-state index is 5.06. The largest absolute Gasteiger partial charge is 0.481 e. The third-order valence-electron chi connectivity index (χ3n) is 3.18. The highest BCUT2D eigenvalue weighted by atomic mass is 16.5. The van der Waals surface area contributed by atoms with Crippen LogP contribution >= 0.6 is 0 Å². The molecule has 1 aliphatic heterocycles. The average Bonchev–Trinajstić information content (AvgIpc) is 2.41. The van der Waals surface area contributed by atoms with Gasteiger partial charge in [0.15, 0.2) is 0 Å². The molecule has 0 bridgehead atoms. The van der Waals surface area contributed by atoms with Crippen LogP contribution in [0.4, 0.5) is 5.82 Å². The Balaban J connectivity index is 1.71. The lowest BCUT2D eigenvalue weighted by atomic mass is 10.3. The van der Waals surface area contributed by atoms with Gasteiger partial charge in [-0.15, -0.1) is 0 Å². The van der Waals surface area contributed by atoms with Gasteiger partial charge >= 0.3 is 0 Å². The summed E-state index contributed by atoms with van der Waals surface area (Å²) in [4.78, 5) is 13.0. The van der Waals surface area contributed by atoms with E-state index in [0.717, 1.165) is 45.1 Å². The first-order valence-corrected chi connectivity index (χ1v) is 6.29. The lowest BCUT2D eigenvalue weighted by Crippen LogP contribution is -2.45. The number of aromatic nitrogens is 2. The van der Waals surface area contributed by atoms with E-state index in [-0.39, 0.29) is 0 Å². The molecular formula is C12H21N5O. The van der Waals surface area contributed by atoms with E-state index in [1.165, 1.54) is 6.33 Å². The van der Waals surface area contributed by atoms with Gasteiger partial charge in [-0.2, -0.15) is 0 Å². The number of hydrogen-bond donors (Lipinski definition) is 1. The number of anilines is 1. The van der Waals surface area contributed by atoms with E-state index in [0.29, 0.717) is 5.88 Å². The molecule has 6 heteroatoms. The Labute approximate surface area is 108 Å². The molecule has 1 N–H and O–H groups in total. The Bertz CT molecular complexity index is 365. The third kappa shape index (κ3) is 3.82. The van der Waals surface area contributed by atoms with Crippen LogP contribution in [-0.4, -0.2) is 73.2 Å². The van der Waals surface area contributed by atoms with E-state index in [9.17, 15) is 0 Å². The van der Waals surface area contributed by atoms with Crippen molar-refractivity contribution in [1.82, 2.24) is 19.8 Å². The number of nitrogens with zero attached hydrogens (tertiary/aromatic N) is 4. The quantitative estimate of drug-likeness (QED) is 0.803. The maximum atomic E-state index is 5.06. The van der Waals surface area contributed by atoms with E-state index >= 15 is 0 Å². The molecule has 0 spiro atoms. The zero-order chi connectivity index (χ0) is 12.8. The van der Waals surface area contributed by atoms with Crippen LogP contribution in [0.15, 0.2) is 12.4 Å². The van der Waals surface area contributed by atoms with E-state index in [4.69, 9.17) is 4.74 Å². The van der Waals surface area contributed by atoms with Gasteiger partial charge in [-0.25, -0.2) is 9.97 Å². The normalized spacial score (nSPS) is 17.7. The average molecular weight is 251 g/mol. The molecule has 6 nitrogen and oxygen atoms in total. The van der Waals surface area contributed by atoms with Crippen molar-refractivity contribution in [3.8, 4) is 5.88 Å². The number of likely N-dealkylation sites (N-methyl/N-ethyl adjacent to an activating group) is 1. The smallest absolute Gasteiger partial charge is 0.218 e. The zero-order valence-corrected chi connectivity index (χ0v) is 11.1. The summed E-state index contributed by atoms with van der Waals surface area (Å²) in [5.74, 6) is 1.41. The standard InChI is InChI=1S/C12H21N5O/c1-16-5-7-17(8-6-16)4-3-13-11-9-12(18-2)15-10-14-11/h9-10H,3-8H2,1-2H3,(H,13,14,15). The second kappa shape index (κ2) is 6.51. The van der Waals surface area contributed by atoms with E-state index in [1.54, 1.807) is 7.11 Å². The van der Waals surface area contributed by atoms with Crippen LogP contribution in [0.25, 0.3) is 0 Å². The number of hydrogen-bond acceptors (Lipinski definition) is 6. The Morgan fingerprint density at radius 3 is 2.78 bits per heavy atom. The van der Waals surface area contributed by atoms with Gasteiger partial charge in [0.2, 0.25) is 5.88 Å². The Morgan fingerprint density at radius 1 is 1.28 bits per heavy atom. The SMILES string of the molecule is COc1cc(NCCN2CCN(C)CC2)ncn1. The first-order chi connectivity index (χ1) is 8.78. The number of methoxy groups -OCH3 is 1. The molecule has 0 radical (unpaired) electrons. The highest BCUT2D eigenvalue weighted by Gasteiger charge is 2.12. The van der Waals surface area contributed by atoms with Crippen molar-refractivity contribution in [3.63, 3.8) is 0 Å². The molecule has 0 amide bonds. The molecule has 0 saturated carbocycles.